The molecule has 1 heterocycles. The van der Waals surface area contributed by atoms with Gasteiger partial charge in [-0.25, -0.2) is 4.79 Å². The number of carboxylic acids is 1. The van der Waals surface area contributed by atoms with Gasteiger partial charge in [-0.3, -0.25) is 4.79 Å². The summed E-state index contributed by atoms with van der Waals surface area (Å²) >= 11 is 0. The summed E-state index contributed by atoms with van der Waals surface area (Å²) in [4.78, 5) is 25.1. The van der Waals surface area contributed by atoms with E-state index in [1.54, 1.807) is 12.3 Å². The number of carboxylic acid groups (broad SMARTS) is 1. The van der Waals surface area contributed by atoms with E-state index in [1.165, 1.54) is 23.5 Å². The van der Waals surface area contributed by atoms with Crippen molar-refractivity contribution in [2.24, 2.45) is 5.92 Å². The van der Waals surface area contributed by atoms with Crippen LogP contribution in [0, 0.1) is 5.92 Å². The first kappa shape index (κ1) is 13.6. The smallest absolute Gasteiger partial charge is 0.352 e. The molecular weight excluding hydrogens is 244 g/mol. The van der Waals surface area contributed by atoms with Crippen LogP contribution in [0.4, 0.5) is 0 Å². The molecule has 1 fully saturated rings. The highest BCUT2D eigenvalue weighted by Gasteiger charge is 2.26. The van der Waals surface area contributed by atoms with Gasteiger partial charge in [-0.2, -0.15) is 0 Å². The van der Waals surface area contributed by atoms with Gasteiger partial charge in [0.05, 0.1) is 0 Å². The second-order valence-electron chi connectivity index (χ2n) is 5.11. The molecule has 19 heavy (non-hydrogen) atoms. The fourth-order valence-electron chi connectivity index (χ4n) is 2.19. The van der Waals surface area contributed by atoms with Crippen LogP contribution >= 0.6 is 0 Å². The maximum Gasteiger partial charge on any atom is 0.352 e. The maximum absolute atomic E-state index is 12.3. The SMILES string of the molecule is CCCN(CC1CC1)C(=O)Cn1cccc1C(=O)O. The fraction of sp³-hybridized carbons (Fsp3) is 0.571. The van der Waals surface area contributed by atoms with E-state index >= 15 is 0 Å². The molecule has 5 heteroatoms. The quantitative estimate of drug-likeness (QED) is 0.817. The minimum atomic E-state index is -0.998. The zero-order valence-electron chi connectivity index (χ0n) is 11.2. The van der Waals surface area contributed by atoms with Gasteiger partial charge in [-0.15, -0.1) is 0 Å². The van der Waals surface area contributed by atoms with Gasteiger partial charge in [0.15, 0.2) is 0 Å². The molecule has 0 aromatic carbocycles. The van der Waals surface area contributed by atoms with Crippen molar-refractivity contribution in [1.82, 2.24) is 9.47 Å². The van der Waals surface area contributed by atoms with Crippen molar-refractivity contribution in [3.63, 3.8) is 0 Å². The Hall–Kier alpha value is -1.78. The number of nitrogens with zero attached hydrogens (tertiary/aromatic N) is 2. The Labute approximate surface area is 112 Å². The van der Waals surface area contributed by atoms with E-state index in [9.17, 15) is 9.59 Å². The number of hydrogen-bond donors (Lipinski definition) is 1. The Morgan fingerprint density at radius 1 is 1.47 bits per heavy atom. The van der Waals surface area contributed by atoms with Crippen molar-refractivity contribution in [3.05, 3.63) is 24.0 Å². The zero-order valence-corrected chi connectivity index (χ0v) is 11.2. The number of rotatable bonds is 7. The average molecular weight is 264 g/mol. The zero-order chi connectivity index (χ0) is 13.8. The van der Waals surface area contributed by atoms with E-state index in [-0.39, 0.29) is 18.1 Å². The summed E-state index contributed by atoms with van der Waals surface area (Å²) in [5.74, 6) is -0.339. The Balaban J connectivity index is 2.00. The van der Waals surface area contributed by atoms with Crippen LogP contribution in [-0.2, 0) is 11.3 Å². The van der Waals surface area contributed by atoms with Crippen molar-refractivity contribution in [3.8, 4) is 0 Å². The standard InChI is InChI=1S/C14H20N2O3/c1-2-7-16(9-11-5-6-11)13(17)10-15-8-3-4-12(15)14(18)19/h3-4,8,11H,2,5-7,9-10H2,1H3,(H,18,19). The van der Waals surface area contributed by atoms with E-state index in [0.29, 0.717) is 5.92 Å². The number of aromatic carboxylic acids is 1. The van der Waals surface area contributed by atoms with Crippen molar-refractivity contribution in [2.75, 3.05) is 13.1 Å². The predicted octanol–water partition coefficient (Wildman–Crippen LogP) is 1.83. The topological polar surface area (TPSA) is 62.5 Å². The maximum atomic E-state index is 12.3. The van der Waals surface area contributed by atoms with E-state index in [4.69, 9.17) is 5.11 Å². The van der Waals surface area contributed by atoms with Gasteiger partial charge < -0.3 is 14.6 Å². The summed E-state index contributed by atoms with van der Waals surface area (Å²) in [5, 5.41) is 9.02. The molecule has 0 bridgehead atoms. The van der Waals surface area contributed by atoms with Gasteiger partial charge in [0.1, 0.15) is 12.2 Å². The van der Waals surface area contributed by atoms with Crippen molar-refractivity contribution in [2.45, 2.75) is 32.7 Å². The molecule has 0 saturated heterocycles. The lowest BCUT2D eigenvalue weighted by molar-refractivity contribution is -0.132. The van der Waals surface area contributed by atoms with Crippen LogP contribution in [0.5, 0.6) is 0 Å². The van der Waals surface area contributed by atoms with Crippen LogP contribution in [-0.4, -0.2) is 39.5 Å². The lowest BCUT2D eigenvalue weighted by Crippen LogP contribution is -2.36. The predicted molar refractivity (Wildman–Crippen MR) is 71.0 cm³/mol. The van der Waals surface area contributed by atoms with Gasteiger partial charge >= 0.3 is 5.97 Å². The average Bonchev–Trinajstić information content (AvgIpc) is 3.05. The number of hydrogen-bond acceptors (Lipinski definition) is 2. The van der Waals surface area contributed by atoms with E-state index in [2.05, 4.69) is 0 Å². The second kappa shape index (κ2) is 5.91. The molecule has 0 unspecified atom stereocenters. The first-order valence-corrected chi connectivity index (χ1v) is 6.78. The summed E-state index contributed by atoms with van der Waals surface area (Å²) in [5.41, 5.74) is 0.163. The molecule has 0 aliphatic heterocycles. The normalized spacial score (nSPS) is 14.4. The molecule has 0 spiro atoms. The van der Waals surface area contributed by atoms with Gasteiger partial charge in [0, 0.05) is 19.3 Å². The molecule has 0 radical (unpaired) electrons. The van der Waals surface area contributed by atoms with E-state index in [0.717, 1.165) is 19.5 Å². The molecule has 1 amide bonds. The van der Waals surface area contributed by atoms with Gasteiger partial charge in [-0.1, -0.05) is 6.92 Å². The van der Waals surface area contributed by atoms with E-state index in [1.807, 2.05) is 11.8 Å². The summed E-state index contributed by atoms with van der Waals surface area (Å²) in [7, 11) is 0. The molecule has 5 nitrogen and oxygen atoms in total. The largest absolute Gasteiger partial charge is 0.477 e. The van der Waals surface area contributed by atoms with Gasteiger partial charge in [0.25, 0.3) is 0 Å². The molecule has 1 aromatic heterocycles. The molecule has 1 saturated carbocycles. The number of carbonyl (C=O) groups excluding carboxylic acids is 1. The Morgan fingerprint density at radius 3 is 2.79 bits per heavy atom. The summed E-state index contributed by atoms with van der Waals surface area (Å²) < 4.78 is 1.50. The number of amides is 1. The second-order valence-corrected chi connectivity index (χ2v) is 5.11. The molecule has 1 aliphatic rings. The minimum Gasteiger partial charge on any atom is -0.477 e. The first-order valence-electron chi connectivity index (χ1n) is 6.78. The molecule has 1 aromatic rings. The van der Waals surface area contributed by atoms with Crippen LogP contribution in [0.15, 0.2) is 18.3 Å². The first-order chi connectivity index (χ1) is 9.11. The van der Waals surface area contributed by atoms with Crippen molar-refractivity contribution in [1.29, 1.82) is 0 Å². The summed E-state index contributed by atoms with van der Waals surface area (Å²) in [6.07, 6.45) is 4.98. The van der Waals surface area contributed by atoms with Crippen molar-refractivity contribution < 1.29 is 14.7 Å². The molecule has 2 rings (SSSR count). The highest BCUT2D eigenvalue weighted by molar-refractivity contribution is 5.86. The molecule has 104 valence electrons. The summed E-state index contributed by atoms with van der Waals surface area (Å²) in [6.45, 7) is 3.72. The lowest BCUT2D eigenvalue weighted by atomic mass is 10.3. The number of aromatic nitrogens is 1. The Bertz CT molecular complexity index is 463. The number of carbonyl (C=O) groups is 2. The summed E-state index contributed by atoms with van der Waals surface area (Å²) in [6, 6.07) is 3.17. The van der Waals surface area contributed by atoms with Gasteiger partial charge in [0.2, 0.25) is 5.91 Å². The Morgan fingerprint density at radius 2 is 2.21 bits per heavy atom. The third-order valence-corrected chi connectivity index (χ3v) is 3.38. The van der Waals surface area contributed by atoms with Crippen LogP contribution in [0.25, 0.3) is 0 Å². The van der Waals surface area contributed by atoms with Crippen LogP contribution < -0.4 is 0 Å². The molecule has 0 atom stereocenters. The fourth-order valence-corrected chi connectivity index (χ4v) is 2.19. The van der Waals surface area contributed by atoms with Crippen molar-refractivity contribution >= 4 is 11.9 Å². The molecule has 1 aliphatic carbocycles. The lowest BCUT2D eigenvalue weighted by Gasteiger charge is -2.22. The third-order valence-electron chi connectivity index (χ3n) is 3.38. The molecular formula is C14H20N2O3. The Kier molecular flexibility index (Phi) is 4.24. The monoisotopic (exact) mass is 264 g/mol. The molecule has 1 N–H and O–H groups in total. The minimum absolute atomic E-state index is 0.00690. The highest BCUT2D eigenvalue weighted by Crippen LogP contribution is 2.29. The van der Waals surface area contributed by atoms with Crippen LogP contribution in [0.2, 0.25) is 0 Å². The van der Waals surface area contributed by atoms with Crippen LogP contribution in [0.3, 0.4) is 0 Å². The van der Waals surface area contributed by atoms with Crippen LogP contribution in [0.1, 0.15) is 36.7 Å². The van der Waals surface area contributed by atoms with E-state index < -0.39 is 5.97 Å². The third kappa shape index (κ3) is 3.59. The van der Waals surface area contributed by atoms with Gasteiger partial charge in [-0.05, 0) is 37.3 Å². The highest BCUT2D eigenvalue weighted by atomic mass is 16.4.